The Morgan fingerprint density at radius 1 is 1.05 bits per heavy atom. The first-order valence-electron chi connectivity index (χ1n) is 12.2. The fourth-order valence-electron chi connectivity index (χ4n) is 4.96. The van der Waals surface area contributed by atoms with Gasteiger partial charge in [0.15, 0.2) is 5.65 Å². The Balaban J connectivity index is 1.51. The lowest BCUT2D eigenvalue weighted by Gasteiger charge is -2.20. The topological polar surface area (TPSA) is 131 Å². The Kier molecular flexibility index (Phi) is 6.24. The van der Waals surface area contributed by atoms with Crippen LogP contribution in [0.3, 0.4) is 0 Å². The predicted octanol–water partition coefficient (Wildman–Crippen LogP) is 4.23. The number of hydrogen-bond acceptors (Lipinski definition) is 5. The molecular weight excluding hydrogens is 535 g/mol. The Morgan fingerprint density at radius 3 is 2.62 bits per heavy atom. The van der Waals surface area contributed by atoms with Crippen molar-refractivity contribution in [3.8, 4) is 11.1 Å². The minimum atomic E-state index is -1.30. The second-order valence-corrected chi connectivity index (χ2v) is 9.68. The van der Waals surface area contributed by atoms with E-state index in [-0.39, 0.29) is 16.3 Å². The summed E-state index contributed by atoms with van der Waals surface area (Å²) in [5.41, 5.74) is 9.14. The minimum absolute atomic E-state index is 0.233. The van der Waals surface area contributed by atoms with Crippen molar-refractivity contribution in [1.82, 2.24) is 19.9 Å². The summed E-state index contributed by atoms with van der Waals surface area (Å²) in [6.07, 6.45) is 3.15. The quantitative estimate of drug-likeness (QED) is 0.270. The van der Waals surface area contributed by atoms with Crippen molar-refractivity contribution in [3.63, 3.8) is 0 Å². The average molecular weight is 555 g/mol. The van der Waals surface area contributed by atoms with Crippen LogP contribution in [-0.4, -0.2) is 32.3 Å². The number of amides is 3. The van der Waals surface area contributed by atoms with Crippen molar-refractivity contribution in [2.24, 2.45) is 5.73 Å². The second kappa shape index (κ2) is 9.90. The van der Waals surface area contributed by atoms with E-state index in [1.54, 1.807) is 65.3 Å². The maximum Gasteiger partial charge on any atom is 0.252 e. The largest absolute Gasteiger partial charge is 0.369 e. The summed E-state index contributed by atoms with van der Waals surface area (Å²) in [4.78, 5) is 43.3. The summed E-state index contributed by atoms with van der Waals surface area (Å²) >= 11 is 6.41. The molecule has 3 aromatic carbocycles. The van der Waals surface area contributed by atoms with Gasteiger partial charge in [0.2, 0.25) is 11.8 Å². The van der Waals surface area contributed by atoms with E-state index in [0.717, 1.165) is 0 Å². The molecule has 9 nitrogen and oxygen atoms in total. The van der Waals surface area contributed by atoms with Gasteiger partial charge >= 0.3 is 0 Å². The van der Waals surface area contributed by atoms with Crippen LogP contribution in [0.25, 0.3) is 16.8 Å². The molecule has 0 saturated heterocycles. The third-order valence-electron chi connectivity index (χ3n) is 6.80. The SMILES string of the molecule is NC(=O)C(C(=O)Nc1cc(-c2ccc3ncnn3c2)cc2c1C(c1cc(F)ccc1Cl)NC2=O)c1ccccc1. The zero-order chi connectivity index (χ0) is 28.0. The lowest BCUT2D eigenvalue weighted by atomic mass is 9.92. The molecule has 2 unspecified atom stereocenters. The maximum absolute atomic E-state index is 14.2. The summed E-state index contributed by atoms with van der Waals surface area (Å²) in [5, 5.41) is 10.1. The standard InChI is InChI=1S/C29H20ClFN6O3/c30-21-8-7-18(31)12-19(21)26-25-20(28(39)36-26)10-17(16-6-9-23-33-14-34-37(23)13-16)11-22(25)35-29(40)24(27(32)38)15-4-2-1-3-5-15/h1-14,24,26H,(H2,32,38)(H,35,40)(H,36,39). The van der Waals surface area contributed by atoms with Gasteiger partial charge in [0.25, 0.3) is 5.91 Å². The smallest absolute Gasteiger partial charge is 0.252 e. The van der Waals surface area contributed by atoms with Crippen LogP contribution < -0.4 is 16.4 Å². The number of fused-ring (bicyclic) bond motifs is 2. The van der Waals surface area contributed by atoms with Gasteiger partial charge in [-0.2, -0.15) is 5.10 Å². The molecule has 2 atom stereocenters. The van der Waals surface area contributed by atoms with Crippen molar-refractivity contribution in [2.75, 3.05) is 5.32 Å². The van der Waals surface area contributed by atoms with Gasteiger partial charge in [-0.05, 0) is 53.6 Å². The maximum atomic E-state index is 14.2. The van der Waals surface area contributed by atoms with Gasteiger partial charge in [-0.25, -0.2) is 13.9 Å². The lowest BCUT2D eigenvalue weighted by Crippen LogP contribution is -2.33. The van der Waals surface area contributed by atoms with E-state index in [0.29, 0.717) is 33.5 Å². The summed E-state index contributed by atoms with van der Waals surface area (Å²) < 4.78 is 15.8. The number of nitrogens with one attached hydrogen (secondary N) is 2. The summed E-state index contributed by atoms with van der Waals surface area (Å²) in [6.45, 7) is 0. The van der Waals surface area contributed by atoms with E-state index in [1.165, 1.54) is 24.5 Å². The van der Waals surface area contributed by atoms with Gasteiger partial charge in [-0.1, -0.05) is 41.9 Å². The van der Waals surface area contributed by atoms with Gasteiger partial charge in [0, 0.05) is 39.2 Å². The number of benzene rings is 3. The molecule has 5 aromatic rings. The molecule has 11 heteroatoms. The number of nitrogens with zero attached hydrogens (tertiary/aromatic N) is 3. The first kappa shape index (κ1) is 25.2. The number of hydrogen-bond donors (Lipinski definition) is 3. The van der Waals surface area contributed by atoms with Crippen LogP contribution >= 0.6 is 11.6 Å². The number of anilines is 1. The highest BCUT2D eigenvalue weighted by molar-refractivity contribution is 6.31. The Morgan fingerprint density at radius 2 is 1.85 bits per heavy atom. The highest BCUT2D eigenvalue weighted by atomic mass is 35.5. The fraction of sp³-hybridized carbons (Fsp3) is 0.0690. The number of rotatable bonds is 6. The number of halogens is 2. The van der Waals surface area contributed by atoms with Crippen molar-refractivity contribution < 1.29 is 18.8 Å². The second-order valence-electron chi connectivity index (χ2n) is 9.27. The molecule has 6 rings (SSSR count). The molecule has 0 bridgehead atoms. The molecule has 0 aliphatic carbocycles. The normalized spacial score (nSPS) is 14.9. The first-order valence-corrected chi connectivity index (χ1v) is 12.6. The molecule has 0 saturated carbocycles. The Bertz CT molecular complexity index is 1820. The van der Waals surface area contributed by atoms with Crippen molar-refractivity contribution in [1.29, 1.82) is 0 Å². The van der Waals surface area contributed by atoms with Crippen molar-refractivity contribution >= 4 is 40.7 Å². The van der Waals surface area contributed by atoms with Crippen LogP contribution in [0.4, 0.5) is 10.1 Å². The van der Waals surface area contributed by atoms with Crippen LogP contribution in [0.15, 0.2) is 85.3 Å². The first-order chi connectivity index (χ1) is 19.3. The van der Waals surface area contributed by atoms with E-state index in [9.17, 15) is 18.8 Å². The molecule has 40 heavy (non-hydrogen) atoms. The molecular formula is C29H20ClFN6O3. The molecule has 1 aliphatic rings. The summed E-state index contributed by atoms with van der Waals surface area (Å²) in [6, 6.07) is 18.3. The van der Waals surface area contributed by atoms with E-state index < -0.39 is 35.5 Å². The number of primary amides is 1. The van der Waals surface area contributed by atoms with Crippen LogP contribution in [0.1, 0.15) is 39.0 Å². The van der Waals surface area contributed by atoms with Gasteiger partial charge in [0.05, 0.1) is 6.04 Å². The van der Waals surface area contributed by atoms with Gasteiger partial charge in [-0.3, -0.25) is 14.4 Å². The van der Waals surface area contributed by atoms with Crippen LogP contribution in [-0.2, 0) is 9.59 Å². The van der Waals surface area contributed by atoms with Crippen LogP contribution in [0.2, 0.25) is 5.02 Å². The molecule has 2 aromatic heterocycles. The van der Waals surface area contributed by atoms with Gasteiger partial charge < -0.3 is 16.4 Å². The van der Waals surface area contributed by atoms with Gasteiger partial charge in [-0.15, -0.1) is 0 Å². The van der Waals surface area contributed by atoms with E-state index in [4.69, 9.17) is 17.3 Å². The molecule has 3 amide bonds. The monoisotopic (exact) mass is 554 g/mol. The molecule has 0 spiro atoms. The van der Waals surface area contributed by atoms with E-state index >= 15 is 0 Å². The fourth-order valence-corrected chi connectivity index (χ4v) is 5.18. The van der Waals surface area contributed by atoms with Crippen molar-refractivity contribution in [2.45, 2.75) is 12.0 Å². The Hall–Kier alpha value is -5.09. The highest BCUT2D eigenvalue weighted by Crippen LogP contribution is 2.42. The summed E-state index contributed by atoms with van der Waals surface area (Å²) in [5.74, 6) is -3.80. The summed E-state index contributed by atoms with van der Waals surface area (Å²) in [7, 11) is 0. The zero-order valence-electron chi connectivity index (χ0n) is 20.6. The third kappa shape index (κ3) is 4.44. The third-order valence-corrected chi connectivity index (χ3v) is 7.15. The van der Waals surface area contributed by atoms with Gasteiger partial charge in [0.1, 0.15) is 18.1 Å². The lowest BCUT2D eigenvalue weighted by molar-refractivity contribution is -0.127. The van der Waals surface area contributed by atoms with Crippen molar-refractivity contribution in [3.05, 3.63) is 118 Å². The molecule has 1 aliphatic heterocycles. The van der Waals surface area contributed by atoms with E-state index in [1.807, 2.05) is 0 Å². The average Bonchev–Trinajstić information content (AvgIpc) is 3.54. The number of aromatic nitrogens is 3. The number of carbonyl (C=O) groups excluding carboxylic acids is 3. The number of nitrogens with two attached hydrogens (primary N) is 1. The van der Waals surface area contributed by atoms with E-state index in [2.05, 4.69) is 20.7 Å². The predicted molar refractivity (Wildman–Crippen MR) is 146 cm³/mol. The molecule has 0 radical (unpaired) electrons. The molecule has 0 fully saturated rings. The molecule has 198 valence electrons. The number of pyridine rings is 1. The Labute approximate surface area is 231 Å². The highest BCUT2D eigenvalue weighted by Gasteiger charge is 2.36. The zero-order valence-corrected chi connectivity index (χ0v) is 21.4. The minimum Gasteiger partial charge on any atom is -0.369 e. The van der Waals surface area contributed by atoms with Crippen LogP contribution in [0, 0.1) is 5.82 Å². The number of carbonyl (C=O) groups is 3. The molecule has 4 N–H and O–H groups in total. The van der Waals surface area contributed by atoms with Crippen LogP contribution in [0.5, 0.6) is 0 Å². The molecule has 3 heterocycles.